The van der Waals surface area contributed by atoms with Gasteiger partial charge in [0.1, 0.15) is 0 Å². The second kappa shape index (κ2) is 7.05. The Morgan fingerprint density at radius 2 is 2.00 bits per heavy atom. The number of aromatic carboxylic acids is 1. The highest BCUT2D eigenvalue weighted by molar-refractivity contribution is 8.00. The molecule has 108 valence electrons. The summed E-state index contributed by atoms with van der Waals surface area (Å²) in [5.74, 6) is -1.05. The minimum Gasteiger partial charge on any atom is -0.478 e. The Morgan fingerprint density at radius 3 is 2.67 bits per heavy atom. The molecule has 0 aliphatic carbocycles. The maximum Gasteiger partial charge on any atom is 0.337 e. The van der Waals surface area contributed by atoms with Crippen molar-refractivity contribution in [2.75, 3.05) is 11.1 Å². The molecule has 1 heterocycles. The van der Waals surface area contributed by atoms with Crippen LogP contribution in [0.25, 0.3) is 0 Å². The normalized spacial score (nSPS) is 10.1. The first-order valence-electron chi connectivity index (χ1n) is 5.79. The lowest BCUT2D eigenvalue weighted by Gasteiger charge is -2.05. The van der Waals surface area contributed by atoms with E-state index >= 15 is 0 Å². The molecule has 0 spiro atoms. The lowest BCUT2D eigenvalue weighted by molar-refractivity contribution is -0.113. The van der Waals surface area contributed by atoms with Crippen LogP contribution in [-0.4, -0.2) is 32.7 Å². The first kappa shape index (κ1) is 15.3. The number of carbonyl (C=O) groups is 2. The van der Waals surface area contributed by atoms with E-state index in [0.29, 0.717) is 4.90 Å². The summed E-state index contributed by atoms with van der Waals surface area (Å²) >= 11 is 6.97. The van der Waals surface area contributed by atoms with Gasteiger partial charge in [0.05, 0.1) is 16.3 Å². The maximum atomic E-state index is 11.7. The van der Waals surface area contributed by atoms with Gasteiger partial charge in [-0.15, -0.1) is 11.8 Å². The predicted molar refractivity (Wildman–Crippen MR) is 79.8 cm³/mol. The second-order valence-corrected chi connectivity index (χ2v) is 5.31. The van der Waals surface area contributed by atoms with Gasteiger partial charge < -0.3 is 5.11 Å². The standard InChI is InChI=1S/C13H10ClN3O3S/c14-10-3-2-8(6-9(10)12(19)20)21-7-11(18)17-13-15-4-1-5-16-13/h1-6H,7H2,(H,19,20)(H,15,16,17,18). The Morgan fingerprint density at radius 1 is 1.29 bits per heavy atom. The third-order valence-electron chi connectivity index (χ3n) is 2.36. The lowest BCUT2D eigenvalue weighted by atomic mass is 10.2. The molecule has 0 bridgehead atoms. The molecule has 0 radical (unpaired) electrons. The van der Waals surface area contributed by atoms with Crippen molar-refractivity contribution in [3.63, 3.8) is 0 Å². The molecule has 1 aromatic heterocycles. The summed E-state index contributed by atoms with van der Waals surface area (Å²) in [5, 5.41) is 11.7. The molecule has 1 aromatic carbocycles. The van der Waals surface area contributed by atoms with Crippen LogP contribution >= 0.6 is 23.4 Å². The van der Waals surface area contributed by atoms with Gasteiger partial charge in [-0.25, -0.2) is 14.8 Å². The Kier molecular flexibility index (Phi) is 5.13. The van der Waals surface area contributed by atoms with Gasteiger partial charge in [0.2, 0.25) is 11.9 Å². The molecule has 21 heavy (non-hydrogen) atoms. The van der Waals surface area contributed by atoms with Crippen LogP contribution in [0.1, 0.15) is 10.4 Å². The number of rotatable bonds is 5. The lowest BCUT2D eigenvalue weighted by Crippen LogP contribution is -2.15. The molecule has 8 heteroatoms. The summed E-state index contributed by atoms with van der Waals surface area (Å²) in [6.45, 7) is 0. The summed E-state index contributed by atoms with van der Waals surface area (Å²) in [7, 11) is 0. The van der Waals surface area contributed by atoms with Crippen molar-refractivity contribution in [1.29, 1.82) is 0 Å². The van der Waals surface area contributed by atoms with E-state index in [4.69, 9.17) is 16.7 Å². The Labute approximate surface area is 129 Å². The van der Waals surface area contributed by atoms with Gasteiger partial charge >= 0.3 is 5.97 Å². The number of aromatic nitrogens is 2. The number of halogens is 1. The van der Waals surface area contributed by atoms with E-state index in [-0.39, 0.29) is 28.2 Å². The minimum atomic E-state index is -1.11. The third-order valence-corrected chi connectivity index (χ3v) is 3.68. The maximum absolute atomic E-state index is 11.7. The summed E-state index contributed by atoms with van der Waals surface area (Å²) in [5.41, 5.74) is 0.00784. The van der Waals surface area contributed by atoms with Crippen LogP contribution in [0.15, 0.2) is 41.6 Å². The van der Waals surface area contributed by atoms with Gasteiger partial charge in [-0.2, -0.15) is 0 Å². The molecule has 0 saturated carbocycles. The Hall–Kier alpha value is -2.12. The molecule has 2 N–H and O–H groups in total. The zero-order valence-corrected chi connectivity index (χ0v) is 12.2. The number of carbonyl (C=O) groups excluding carboxylic acids is 1. The molecule has 0 saturated heterocycles. The smallest absolute Gasteiger partial charge is 0.337 e. The van der Waals surface area contributed by atoms with E-state index in [1.54, 1.807) is 12.1 Å². The van der Waals surface area contributed by atoms with Gasteiger partial charge in [-0.05, 0) is 24.3 Å². The number of carboxylic acid groups (broad SMARTS) is 1. The topological polar surface area (TPSA) is 92.2 Å². The Balaban J connectivity index is 1.95. The monoisotopic (exact) mass is 323 g/mol. The summed E-state index contributed by atoms with van der Waals surface area (Å²) in [6, 6.07) is 6.23. The van der Waals surface area contributed by atoms with E-state index in [9.17, 15) is 9.59 Å². The molecule has 0 aliphatic heterocycles. The number of nitrogens with one attached hydrogen (secondary N) is 1. The molecule has 0 unspecified atom stereocenters. The average Bonchev–Trinajstić information content (AvgIpc) is 2.47. The second-order valence-electron chi connectivity index (χ2n) is 3.86. The van der Waals surface area contributed by atoms with E-state index in [1.807, 2.05) is 0 Å². The van der Waals surface area contributed by atoms with E-state index in [0.717, 1.165) is 0 Å². The van der Waals surface area contributed by atoms with Crippen molar-refractivity contribution in [1.82, 2.24) is 9.97 Å². The summed E-state index contributed by atoms with van der Waals surface area (Å²) in [6.07, 6.45) is 3.04. The van der Waals surface area contributed by atoms with Crippen LogP contribution < -0.4 is 5.32 Å². The SMILES string of the molecule is O=C(CSc1ccc(Cl)c(C(=O)O)c1)Nc1ncccn1. The van der Waals surface area contributed by atoms with Crippen LogP contribution in [0.2, 0.25) is 5.02 Å². The van der Waals surface area contributed by atoms with Crippen molar-refractivity contribution >= 4 is 41.2 Å². The van der Waals surface area contributed by atoms with E-state index < -0.39 is 5.97 Å². The number of nitrogens with zero attached hydrogens (tertiary/aromatic N) is 2. The van der Waals surface area contributed by atoms with Crippen LogP contribution in [0, 0.1) is 0 Å². The summed E-state index contributed by atoms with van der Waals surface area (Å²) in [4.78, 5) is 31.1. The number of anilines is 1. The van der Waals surface area contributed by atoms with Gasteiger partial charge in [0, 0.05) is 17.3 Å². The highest BCUT2D eigenvalue weighted by atomic mass is 35.5. The number of thioether (sulfide) groups is 1. The highest BCUT2D eigenvalue weighted by Gasteiger charge is 2.11. The van der Waals surface area contributed by atoms with Crippen molar-refractivity contribution in [2.24, 2.45) is 0 Å². The van der Waals surface area contributed by atoms with Gasteiger partial charge in [-0.1, -0.05) is 11.6 Å². The van der Waals surface area contributed by atoms with Crippen LogP contribution in [0.5, 0.6) is 0 Å². The predicted octanol–water partition coefficient (Wildman–Crippen LogP) is 2.56. The Bertz CT molecular complexity index is 667. The molecule has 2 rings (SSSR count). The van der Waals surface area contributed by atoms with Crippen molar-refractivity contribution in [3.8, 4) is 0 Å². The first-order chi connectivity index (χ1) is 10.1. The van der Waals surface area contributed by atoms with Crippen LogP contribution in [-0.2, 0) is 4.79 Å². The zero-order valence-electron chi connectivity index (χ0n) is 10.6. The molecule has 2 aromatic rings. The van der Waals surface area contributed by atoms with Crippen molar-refractivity contribution in [3.05, 3.63) is 47.2 Å². The van der Waals surface area contributed by atoms with Crippen LogP contribution in [0.4, 0.5) is 5.95 Å². The molecule has 0 atom stereocenters. The van der Waals surface area contributed by atoms with Crippen molar-refractivity contribution < 1.29 is 14.7 Å². The average molecular weight is 324 g/mol. The zero-order chi connectivity index (χ0) is 15.2. The van der Waals surface area contributed by atoms with Gasteiger partial charge in [0.25, 0.3) is 0 Å². The fraction of sp³-hybridized carbons (Fsp3) is 0.0769. The molecule has 1 amide bonds. The fourth-order valence-corrected chi connectivity index (χ4v) is 2.37. The number of carboxylic acids is 1. The third kappa shape index (κ3) is 4.44. The highest BCUT2D eigenvalue weighted by Crippen LogP contribution is 2.24. The van der Waals surface area contributed by atoms with Crippen LogP contribution in [0.3, 0.4) is 0 Å². The number of hydrogen-bond donors (Lipinski definition) is 2. The number of amides is 1. The van der Waals surface area contributed by atoms with Crippen molar-refractivity contribution in [2.45, 2.75) is 4.90 Å². The number of hydrogen-bond acceptors (Lipinski definition) is 5. The molecular formula is C13H10ClN3O3S. The van der Waals surface area contributed by atoms with E-state index in [2.05, 4.69) is 15.3 Å². The molecule has 6 nitrogen and oxygen atoms in total. The van der Waals surface area contributed by atoms with Gasteiger partial charge in [0.15, 0.2) is 0 Å². The quantitative estimate of drug-likeness (QED) is 0.822. The number of benzene rings is 1. The first-order valence-corrected chi connectivity index (χ1v) is 7.15. The summed E-state index contributed by atoms with van der Waals surface area (Å²) < 4.78 is 0. The van der Waals surface area contributed by atoms with Gasteiger partial charge in [-0.3, -0.25) is 10.1 Å². The molecular weight excluding hydrogens is 314 g/mol. The minimum absolute atomic E-state index is 0.00784. The van der Waals surface area contributed by atoms with E-state index in [1.165, 1.54) is 36.3 Å². The molecule has 0 fully saturated rings. The largest absolute Gasteiger partial charge is 0.478 e. The molecule has 0 aliphatic rings. The fourth-order valence-electron chi connectivity index (χ4n) is 1.43.